The van der Waals surface area contributed by atoms with Crippen molar-refractivity contribution in [2.24, 2.45) is 0 Å². The quantitative estimate of drug-likeness (QED) is 0.672. The van der Waals surface area contributed by atoms with Crippen molar-refractivity contribution in [2.75, 3.05) is 19.0 Å². The average molecular weight is 335 g/mol. The van der Waals surface area contributed by atoms with Gasteiger partial charge in [0.05, 0.1) is 12.8 Å². The lowest BCUT2D eigenvalue weighted by atomic mass is 10.1. The third-order valence-electron chi connectivity index (χ3n) is 2.94. The molecule has 0 aliphatic heterocycles. The van der Waals surface area contributed by atoms with Gasteiger partial charge in [-0.25, -0.2) is 9.78 Å². The Bertz CT molecular complexity index is 734. The molecule has 0 bridgehead atoms. The molecule has 1 aromatic heterocycles. The highest BCUT2D eigenvalue weighted by Gasteiger charge is 2.16. The molecule has 7 heteroatoms. The van der Waals surface area contributed by atoms with Gasteiger partial charge in [-0.1, -0.05) is 23.2 Å². The van der Waals surface area contributed by atoms with Crippen LogP contribution >= 0.6 is 11.6 Å². The maximum Gasteiger partial charge on any atom is 0.342 e. The van der Waals surface area contributed by atoms with Crippen molar-refractivity contribution in [2.45, 2.75) is 6.92 Å². The molecule has 2 rings (SSSR count). The Morgan fingerprint density at radius 2 is 2.09 bits per heavy atom. The highest BCUT2D eigenvalue weighted by atomic mass is 35.5. The van der Waals surface area contributed by atoms with Crippen molar-refractivity contribution in [3.63, 3.8) is 0 Å². The number of hydrogen-bond acceptors (Lipinski definition) is 5. The minimum atomic E-state index is -0.641. The molecule has 0 spiro atoms. The normalized spacial score (nSPS) is 10.0. The Kier molecular flexibility index (Phi) is 5.54. The van der Waals surface area contributed by atoms with E-state index in [2.05, 4.69) is 10.3 Å². The van der Waals surface area contributed by atoms with Crippen molar-refractivity contribution in [1.29, 1.82) is 0 Å². The summed E-state index contributed by atoms with van der Waals surface area (Å²) in [6.07, 6.45) is 1.50. The van der Waals surface area contributed by atoms with E-state index in [4.69, 9.17) is 21.1 Å². The lowest BCUT2D eigenvalue weighted by Gasteiger charge is -2.10. The molecule has 0 saturated carbocycles. The number of carbonyl (C=O) groups excluding carboxylic acids is 2. The molecule has 1 amide bonds. The zero-order valence-electron chi connectivity index (χ0n) is 12.6. The Hall–Kier alpha value is -2.60. The van der Waals surface area contributed by atoms with E-state index in [0.29, 0.717) is 11.4 Å². The smallest absolute Gasteiger partial charge is 0.342 e. The summed E-state index contributed by atoms with van der Waals surface area (Å²) in [6.45, 7) is 1.40. The van der Waals surface area contributed by atoms with E-state index < -0.39 is 18.5 Å². The summed E-state index contributed by atoms with van der Waals surface area (Å²) in [4.78, 5) is 27.7. The minimum absolute atomic E-state index is 0.160. The van der Waals surface area contributed by atoms with Crippen LogP contribution < -0.4 is 10.1 Å². The van der Waals surface area contributed by atoms with E-state index in [0.717, 1.165) is 5.56 Å². The van der Waals surface area contributed by atoms with Crippen LogP contribution in [0.3, 0.4) is 0 Å². The number of pyridine rings is 1. The number of aromatic nitrogens is 1. The van der Waals surface area contributed by atoms with Crippen LogP contribution in [-0.4, -0.2) is 30.6 Å². The molecule has 2 aromatic rings. The largest absolute Gasteiger partial charge is 0.496 e. The second kappa shape index (κ2) is 7.60. The molecule has 0 unspecified atom stereocenters. The molecule has 0 saturated heterocycles. The first-order valence-corrected chi connectivity index (χ1v) is 7.11. The number of rotatable bonds is 5. The standard InChI is InChI=1S/C16H15ClN2O4/c1-10-5-6-13(22-2)11(8-10)16(21)23-9-14(20)19-12-4-3-7-18-15(12)17/h3-8H,9H2,1-2H3,(H,19,20). The lowest BCUT2D eigenvalue weighted by Crippen LogP contribution is -2.21. The number of halogens is 1. The van der Waals surface area contributed by atoms with Gasteiger partial charge in [0, 0.05) is 6.20 Å². The van der Waals surface area contributed by atoms with E-state index in [1.165, 1.54) is 13.3 Å². The second-order valence-electron chi connectivity index (χ2n) is 4.67. The molecule has 1 aromatic carbocycles. The van der Waals surface area contributed by atoms with Gasteiger partial charge in [0.15, 0.2) is 11.8 Å². The molecule has 120 valence electrons. The van der Waals surface area contributed by atoms with E-state index >= 15 is 0 Å². The number of hydrogen-bond donors (Lipinski definition) is 1. The first-order chi connectivity index (χ1) is 11.0. The SMILES string of the molecule is COc1ccc(C)cc1C(=O)OCC(=O)Nc1cccnc1Cl. The number of amides is 1. The molecular weight excluding hydrogens is 320 g/mol. The maximum absolute atomic E-state index is 12.1. The van der Waals surface area contributed by atoms with Crippen LogP contribution in [0.1, 0.15) is 15.9 Å². The Balaban J connectivity index is 1.98. The molecule has 1 N–H and O–H groups in total. The molecule has 1 heterocycles. The molecule has 0 aliphatic carbocycles. The Morgan fingerprint density at radius 1 is 1.30 bits per heavy atom. The van der Waals surface area contributed by atoms with E-state index in [9.17, 15) is 9.59 Å². The number of aryl methyl sites for hydroxylation is 1. The van der Waals surface area contributed by atoms with Gasteiger partial charge in [0.1, 0.15) is 11.3 Å². The lowest BCUT2D eigenvalue weighted by molar-refractivity contribution is -0.119. The highest BCUT2D eigenvalue weighted by molar-refractivity contribution is 6.32. The van der Waals surface area contributed by atoms with Crippen LogP contribution in [-0.2, 0) is 9.53 Å². The van der Waals surface area contributed by atoms with Crippen LogP contribution in [0.4, 0.5) is 5.69 Å². The summed E-state index contributed by atoms with van der Waals surface area (Å²) in [6, 6.07) is 8.34. The molecule has 0 aliphatic rings. The van der Waals surface area contributed by atoms with Crippen LogP contribution in [0.25, 0.3) is 0 Å². The number of methoxy groups -OCH3 is 1. The summed E-state index contributed by atoms with van der Waals surface area (Å²) in [5.41, 5.74) is 1.49. The molecule has 0 radical (unpaired) electrons. The monoisotopic (exact) mass is 334 g/mol. The van der Waals surface area contributed by atoms with Crippen molar-refractivity contribution >= 4 is 29.2 Å². The van der Waals surface area contributed by atoms with Crippen molar-refractivity contribution in [3.8, 4) is 5.75 Å². The summed E-state index contributed by atoms with van der Waals surface area (Å²) < 4.78 is 10.1. The zero-order valence-corrected chi connectivity index (χ0v) is 13.4. The Labute approximate surface area is 138 Å². The van der Waals surface area contributed by atoms with Crippen LogP contribution in [0.15, 0.2) is 36.5 Å². The van der Waals surface area contributed by atoms with Gasteiger partial charge in [-0.15, -0.1) is 0 Å². The predicted molar refractivity (Wildman–Crippen MR) is 85.9 cm³/mol. The molecular formula is C16H15ClN2O4. The van der Waals surface area contributed by atoms with Gasteiger partial charge < -0.3 is 14.8 Å². The topological polar surface area (TPSA) is 77.5 Å². The van der Waals surface area contributed by atoms with E-state index in [1.54, 1.807) is 24.3 Å². The summed E-state index contributed by atoms with van der Waals surface area (Å²) >= 11 is 5.83. The number of nitrogens with zero attached hydrogens (tertiary/aromatic N) is 1. The van der Waals surface area contributed by atoms with Crippen LogP contribution in [0.5, 0.6) is 5.75 Å². The zero-order chi connectivity index (χ0) is 16.8. The number of benzene rings is 1. The number of carbonyl (C=O) groups is 2. The fourth-order valence-corrected chi connectivity index (χ4v) is 2.02. The number of anilines is 1. The third-order valence-corrected chi connectivity index (χ3v) is 3.24. The molecule has 23 heavy (non-hydrogen) atoms. The number of esters is 1. The van der Waals surface area contributed by atoms with Crippen molar-refractivity contribution < 1.29 is 19.1 Å². The first-order valence-electron chi connectivity index (χ1n) is 6.73. The van der Waals surface area contributed by atoms with E-state index in [-0.39, 0.29) is 10.7 Å². The maximum atomic E-state index is 12.1. The fraction of sp³-hybridized carbons (Fsp3) is 0.188. The van der Waals surface area contributed by atoms with E-state index in [1.807, 2.05) is 13.0 Å². The van der Waals surface area contributed by atoms with Gasteiger partial charge in [-0.05, 0) is 31.2 Å². The molecule has 0 fully saturated rings. The predicted octanol–water partition coefficient (Wildman–Crippen LogP) is 2.85. The number of nitrogens with one attached hydrogen (secondary N) is 1. The summed E-state index contributed by atoms with van der Waals surface area (Å²) in [5, 5.41) is 2.67. The molecule has 0 atom stereocenters. The summed E-state index contributed by atoms with van der Waals surface area (Å²) in [7, 11) is 1.46. The second-order valence-corrected chi connectivity index (χ2v) is 5.03. The summed E-state index contributed by atoms with van der Waals surface area (Å²) in [5.74, 6) is -0.769. The van der Waals surface area contributed by atoms with Crippen LogP contribution in [0.2, 0.25) is 5.15 Å². The van der Waals surface area contributed by atoms with Crippen molar-refractivity contribution in [1.82, 2.24) is 4.98 Å². The van der Waals surface area contributed by atoms with Gasteiger partial charge in [0.2, 0.25) is 0 Å². The molecule has 6 nitrogen and oxygen atoms in total. The van der Waals surface area contributed by atoms with Gasteiger partial charge in [-0.2, -0.15) is 0 Å². The minimum Gasteiger partial charge on any atom is -0.496 e. The number of ether oxygens (including phenoxy) is 2. The van der Waals surface area contributed by atoms with Crippen molar-refractivity contribution in [3.05, 3.63) is 52.8 Å². The van der Waals surface area contributed by atoms with Gasteiger partial charge >= 0.3 is 5.97 Å². The fourth-order valence-electron chi connectivity index (χ4n) is 1.86. The average Bonchev–Trinajstić information content (AvgIpc) is 2.54. The highest BCUT2D eigenvalue weighted by Crippen LogP contribution is 2.21. The van der Waals surface area contributed by atoms with Gasteiger partial charge in [-0.3, -0.25) is 4.79 Å². The van der Waals surface area contributed by atoms with Gasteiger partial charge in [0.25, 0.3) is 5.91 Å². The Morgan fingerprint density at radius 3 is 2.78 bits per heavy atom. The van der Waals surface area contributed by atoms with Crippen LogP contribution in [0, 0.1) is 6.92 Å². The first kappa shape index (κ1) is 16.8. The third kappa shape index (κ3) is 4.43.